The second-order valence-electron chi connectivity index (χ2n) is 3.16. The first-order chi connectivity index (χ1) is 7.79. The number of halogens is 1. The first kappa shape index (κ1) is 10.8. The fourth-order valence-electron chi connectivity index (χ4n) is 1.33. The SMILES string of the molecule is [N-]=[N+]=NCc1ccc(-c2ccc(Br)cc2)o1. The Bertz CT molecular complexity index is 526. The van der Waals surface area contributed by atoms with Gasteiger partial charge >= 0.3 is 0 Å². The summed E-state index contributed by atoms with van der Waals surface area (Å²) in [4.78, 5) is 2.68. The lowest BCUT2D eigenvalue weighted by Crippen LogP contribution is -1.74. The van der Waals surface area contributed by atoms with Gasteiger partial charge in [0.25, 0.3) is 0 Å². The van der Waals surface area contributed by atoms with E-state index in [9.17, 15) is 0 Å². The van der Waals surface area contributed by atoms with E-state index in [4.69, 9.17) is 9.95 Å². The number of rotatable bonds is 3. The average Bonchev–Trinajstić information content (AvgIpc) is 2.76. The molecule has 2 rings (SSSR count). The number of hydrogen-bond donors (Lipinski definition) is 0. The van der Waals surface area contributed by atoms with Crippen LogP contribution in [0.15, 0.2) is 50.4 Å². The summed E-state index contributed by atoms with van der Waals surface area (Å²) in [6.07, 6.45) is 0. The topological polar surface area (TPSA) is 61.9 Å². The quantitative estimate of drug-likeness (QED) is 0.462. The summed E-state index contributed by atoms with van der Waals surface area (Å²) < 4.78 is 6.56. The molecular weight excluding hydrogens is 270 g/mol. The number of nitrogens with zero attached hydrogens (tertiary/aromatic N) is 3. The van der Waals surface area contributed by atoms with Crippen LogP contribution in [0.1, 0.15) is 5.76 Å². The van der Waals surface area contributed by atoms with E-state index in [-0.39, 0.29) is 6.54 Å². The summed E-state index contributed by atoms with van der Waals surface area (Å²) in [5.41, 5.74) is 9.19. The largest absolute Gasteiger partial charge is 0.461 e. The van der Waals surface area contributed by atoms with Crippen molar-refractivity contribution in [1.82, 2.24) is 0 Å². The van der Waals surface area contributed by atoms with Crippen LogP contribution < -0.4 is 0 Å². The standard InChI is InChI=1S/C11H8BrN3O/c12-9-3-1-8(2-4-9)11-6-5-10(16-11)7-14-15-13/h1-6H,7H2. The minimum absolute atomic E-state index is 0.243. The molecule has 0 radical (unpaired) electrons. The van der Waals surface area contributed by atoms with Crippen LogP contribution in [0.3, 0.4) is 0 Å². The third kappa shape index (κ3) is 2.45. The lowest BCUT2D eigenvalue weighted by molar-refractivity contribution is 0.525. The summed E-state index contributed by atoms with van der Waals surface area (Å²) in [5, 5.41) is 3.44. The third-order valence-corrected chi connectivity index (χ3v) is 2.61. The fraction of sp³-hybridized carbons (Fsp3) is 0.0909. The summed E-state index contributed by atoms with van der Waals surface area (Å²) in [5.74, 6) is 1.44. The predicted octanol–water partition coefficient (Wildman–Crippen LogP) is 4.52. The zero-order valence-corrected chi connectivity index (χ0v) is 9.89. The monoisotopic (exact) mass is 277 g/mol. The van der Waals surface area contributed by atoms with Crippen LogP contribution in [-0.2, 0) is 6.54 Å². The molecule has 0 saturated carbocycles. The fourth-order valence-corrected chi connectivity index (χ4v) is 1.60. The van der Waals surface area contributed by atoms with E-state index in [1.807, 2.05) is 36.4 Å². The molecule has 0 fully saturated rings. The highest BCUT2D eigenvalue weighted by molar-refractivity contribution is 9.10. The van der Waals surface area contributed by atoms with Crippen molar-refractivity contribution in [2.24, 2.45) is 5.11 Å². The number of benzene rings is 1. The van der Waals surface area contributed by atoms with Gasteiger partial charge in [-0.05, 0) is 29.8 Å². The molecule has 2 aromatic rings. The smallest absolute Gasteiger partial charge is 0.134 e. The second kappa shape index (κ2) is 4.88. The first-order valence-electron chi connectivity index (χ1n) is 4.65. The maximum atomic E-state index is 8.19. The zero-order chi connectivity index (χ0) is 11.4. The van der Waals surface area contributed by atoms with E-state index in [2.05, 4.69) is 26.0 Å². The van der Waals surface area contributed by atoms with Crippen molar-refractivity contribution >= 4 is 15.9 Å². The Morgan fingerprint density at radius 3 is 2.62 bits per heavy atom. The molecule has 0 amide bonds. The molecule has 1 aromatic heterocycles. The molecular formula is C11H8BrN3O. The van der Waals surface area contributed by atoms with E-state index in [1.165, 1.54) is 0 Å². The summed E-state index contributed by atoms with van der Waals surface area (Å²) >= 11 is 3.37. The zero-order valence-electron chi connectivity index (χ0n) is 8.30. The van der Waals surface area contributed by atoms with Crippen LogP contribution in [0, 0.1) is 0 Å². The van der Waals surface area contributed by atoms with E-state index in [0.717, 1.165) is 15.8 Å². The van der Waals surface area contributed by atoms with Crippen LogP contribution in [0.2, 0.25) is 0 Å². The molecule has 0 bridgehead atoms. The van der Waals surface area contributed by atoms with Gasteiger partial charge in [-0.25, -0.2) is 0 Å². The molecule has 0 unspecified atom stereocenters. The Kier molecular flexibility index (Phi) is 3.29. The predicted molar refractivity (Wildman–Crippen MR) is 64.7 cm³/mol. The molecule has 4 nitrogen and oxygen atoms in total. The van der Waals surface area contributed by atoms with Gasteiger partial charge in [-0.2, -0.15) is 0 Å². The van der Waals surface area contributed by atoms with E-state index in [1.54, 1.807) is 0 Å². The Hall–Kier alpha value is -1.71. The van der Waals surface area contributed by atoms with Crippen LogP contribution in [0.5, 0.6) is 0 Å². The van der Waals surface area contributed by atoms with Gasteiger partial charge in [0, 0.05) is 14.9 Å². The molecule has 0 aliphatic carbocycles. The first-order valence-corrected chi connectivity index (χ1v) is 5.44. The van der Waals surface area contributed by atoms with E-state index in [0.29, 0.717) is 5.76 Å². The van der Waals surface area contributed by atoms with Crippen molar-refractivity contribution in [3.8, 4) is 11.3 Å². The van der Waals surface area contributed by atoms with E-state index >= 15 is 0 Å². The number of azide groups is 1. The normalized spacial score (nSPS) is 9.81. The van der Waals surface area contributed by atoms with Gasteiger partial charge in [0.1, 0.15) is 11.5 Å². The van der Waals surface area contributed by atoms with Gasteiger partial charge in [0.2, 0.25) is 0 Å². The lowest BCUT2D eigenvalue weighted by atomic mass is 10.2. The van der Waals surface area contributed by atoms with E-state index < -0.39 is 0 Å². The average molecular weight is 278 g/mol. The molecule has 0 N–H and O–H groups in total. The highest BCUT2D eigenvalue weighted by atomic mass is 79.9. The van der Waals surface area contributed by atoms with Crippen LogP contribution in [0.25, 0.3) is 21.8 Å². The van der Waals surface area contributed by atoms with Gasteiger partial charge in [0.15, 0.2) is 0 Å². The molecule has 1 aromatic carbocycles. The van der Waals surface area contributed by atoms with Gasteiger partial charge in [-0.3, -0.25) is 0 Å². The van der Waals surface area contributed by atoms with Gasteiger partial charge in [0.05, 0.1) is 6.54 Å². The second-order valence-corrected chi connectivity index (χ2v) is 4.08. The Labute approximate surface area is 101 Å². The molecule has 0 spiro atoms. The maximum absolute atomic E-state index is 8.19. The highest BCUT2D eigenvalue weighted by Crippen LogP contribution is 2.24. The van der Waals surface area contributed by atoms with Gasteiger partial charge in [-0.15, -0.1) is 0 Å². The molecule has 16 heavy (non-hydrogen) atoms. The Balaban J connectivity index is 2.24. The van der Waals surface area contributed by atoms with Crippen molar-refractivity contribution in [1.29, 1.82) is 0 Å². The molecule has 0 aliphatic rings. The summed E-state index contributed by atoms with van der Waals surface area (Å²) in [7, 11) is 0. The van der Waals surface area contributed by atoms with Crippen molar-refractivity contribution in [3.05, 3.63) is 57.1 Å². The Morgan fingerprint density at radius 2 is 1.94 bits per heavy atom. The lowest BCUT2D eigenvalue weighted by Gasteiger charge is -1.96. The minimum Gasteiger partial charge on any atom is -0.461 e. The highest BCUT2D eigenvalue weighted by Gasteiger charge is 2.03. The molecule has 0 aliphatic heterocycles. The maximum Gasteiger partial charge on any atom is 0.134 e. The van der Waals surface area contributed by atoms with Gasteiger partial charge in [-0.1, -0.05) is 33.2 Å². The number of furan rings is 1. The molecule has 5 heteroatoms. The van der Waals surface area contributed by atoms with Crippen molar-refractivity contribution < 1.29 is 4.42 Å². The van der Waals surface area contributed by atoms with Crippen LogP contribution in [-0.4, -0.2) is 0 Å². The molecule has 0 atom stereocenters. The van der Waals surface area contributed by atoms with Crippen LogP contribution >= 0.6 is 15.9 Å². The molecule has 1 heterocycles. The van der Waals surface area contributed by atoms with Crippen molar-refractivity contribution in [3.63, 3.8) is 0 Å². The Morgan fingerprint density at radius 1 is 1.19 bits per heavy atom. The van der Waals surface area contributed by atoms with Crippen molar-refractivity contribution in [2.75, 3.05) is 0 Å². The minimum atomic E-state index is 0.243. The summed E-state index contributed by atoms with van der Waals surface area (Å²) in [6, 6.07) is 11.5. The molecule has 0 saturated heterocycles. The number of hydrogen-bond acceptors (Lipinski definition) is 2. The van der Waals surface area contributed by atoms with Crippen molar-refractivity contribution in [2.45, 2.75) is 6.54 Å². The van der Waals surface area contributed by atoms with Crippen LogP contribution in [0.4, 0.5) is 0 Å². The van der Waals surface area contributed by atoms with Gasteiger partial charge < -0.3 is 4.42 Å². The summed E-state index contributed by atoms with van der Waals surface area (Å²) in [6.45, 7) is 0.243. The third-order valence-electron chi connectivity index (χ3n) is 2.08. The molecule has 80 valence electrons.